The summed E-state index contributed by atoms with van der Waals surface area (Å²) >= 11 is 13.0. The van der Waals surface area contributed by atoms with Crippen LogP contribution in [0, 0.1) is 11.3 Å². The topological polar surface area (TPSA) is 41.6 Å². The van der Waals surface area contributed by atoms with Crippen molar-refractivity contribution < 1.29 is 0 Å². The van der Waals surface area contributed by atoms with E-state index < -0.39 is 0 Å². The molecule has 0 radical (unpaired) electrons. The van der Waals surface area contributed by atoms with Crippen LogP contribution in [0.15, 0.2) is 45.3 Å². The molecule has 21 heavy (non-hydrogen) atoms. The zero-order valence-corrected chi connectivity index (χ0v) is 14.6. The molecule has 0 atom stereocenters. The number of halogens is 3. The highest BCUT2D eigenvalue weighted by molar-refractivity contribution is 9.10. The van der Waals surface area contributed by atoms with Gasteiger partial charge in [-0.3, -0.25) is 4.57 Å². The fourth-order valence-electron chi connectivity index (χ4n) is 2.24. The van der Waals surface area contributed by atoms with E-state index in [1.54, 1.807) is 6.07 Å². The first kappa shape index (κ1) is 14.6. The maximum absolute atomic E-state index is 9.36. The molecule has 0 aliphatic rings. The molecular formula is C15H8Br2ClN3. The average molecular weight is 426 g/mol. The summed E-state index contributed by atoms with van der Waals surface area (Å²) in [7, 11) is 0. The highest BCUT2D eigenvalue weighted by atomic mass is 79.9. The van der Waals surface area contributed by atoms with Gasteiger partial charge in [-0.25, -0.2) is 4.98 Å². The first-order valence-electron chi connectivity index (χ1n) is 6.07. The van der Waals surface area contributed by atoms with E-state index in [4.69, 9.17) is 11.6 Å². The van der Waals surface area contributed by atoms with Crippen LogP contribution in [0.5, 0.6) is 0 Å². The third-order valence-electron chi connectivity index (χ3n) is 3.13. The Labute approximate surface area is 143 Å². The van der Waals surface area contributed by atoms with Crippen molar-refractivity contribution in [3.8, 4) is 11.8 Å². The Hall–Kier alpha value is -1.35. The summed E-state index contributed by atoms with van der Waals surface area (Å²) in [4.78, 5) is 4.54. The zero-order chi connectivity index (χ0) is 15.0. The molecule has 3 rings (SSSR count). The zero-order valence-electron chi connectivity index (χ0n) is 10.6. The lowest BCUT2D eigenvalue weighted by atomic mass is 10.2. The molecule has 104 valence electrons. The van der Waals surface area contributed by atoms with E-state index in [9.17, 15) is 5.26 Å². The summed E-state index contributed by atoms with van der Waals surface area (Å²) in [5.74, 6) is 0.975. The van der Waals surface area contributed by atoms with Crippen LogP contribution >= 0.6 is 43.5 Å². The number of imidazole rings is 1. The maximum Gasteiger partial charge on any atom is 0.129 e. The third kappa shape index (κ3) is 2.59. The fraction of sp³-hybridized carbons (Fsp3) is 0.0667. The Balaban J connectivity index is 2.41. The van der Waals surface area contributed by atoms with Gasteiger partial charge in [0, 0.05) is 8.95 Å². The number of hydrogen-bond acceptors (Lipinski definition) is 2. The molecule has 0 saturated carbocycles. The Bertz CT molecular complexity index is 880. The molecule has 0 N–H and O–H groups in total. The number of rotatable bonds is 2. The van der Waals surface area contributed by atoms with E-state index in [0.29, 0.717) is 11.4 Å². The molecule has 0 unspecified atom stereocenters. The van der Waals surface area contributed by atoms with Crippen LogP contribution in [0.4, 0.5) is 0 Å². The number of alkyl halides is 1. The normalized spacial score (nSPS) is 10.8. The number of fused-ring (bicyclic) bond motifs is 1. The quantitative estimate of drug-likeness (QED) is 0.532. The van der Waals surface area contributed by atoms with Crippen molar-refractivity contribution in [2.45, 2.75) is 5.88 Å². The van der Waals surface area contributed by atoms with Gasteiger partial charge in [0.15, 0.2) is 0 Å². The molecular weight excluding hydrogens is 417 g/mol. The van der Waals surface area contributed by atoms with Crippen molar-refractivity contribution >= 4 is 54.5 Å². The molecule has 0 aliphatic heterocycles. The monoisotopic (exact) mass is 423 g/mol. The summed E-state index contributed by atoms with van der Waals surface area (Å²) in [6.07, 6.45) is 0. The smallest absolute Gasteiger partial charge is 0.129 e. The number of benzene rings is 2. The van der Waals surface area contributed by atoms with E-state index in [1.165, 1.54) is 0 Å². The minimum absolute atomic E-state index is 0.268. The first-order chi connectivity index (χ1) is 10.1. The lowest BCUT2D eigenvalue weighted by molar-refractivity contribution is 0.977. The predicted molar refractivity (Wildman–Crippen MR) is 90.7 cm³/mol. The summed E-state index contributed by atoms with van der Waals surface area (Å²) in [5.41, 5.74) is 3.10. The Morgan fingerprint density at radius 3 is 2.57 bits per heavy atom. The van der Waals surface area contributed by atoms with Crippen LogP contribution in [0.1, 0.15) is 11.4 Å². The van der Waals surface area contributed by atoms with Gasteiger partial charge in [0.25, 0.3) is 0 Å². The minimum atomic E-state index is 0.268. The Kier molecular flexibility index (Phi) is 4.03. The number of nitrogens with zero attached hydrogens (tertiary/aromatic N) is 3. The van der Waals surface area contributed by atoms with E-state index in [1.807, 2.05) is 34.9 Å². The van der Waals surface area contributed by atoms with Gasteiger partial charge in [-0.05, 0) is 36.4 Å². The summed E-state index contributed by atoms with van der Waals surface area (Å²) in [5, 5.41) is 9.36. The molecule has 2 aromatic carbocycles. The van der Waals surface area contributed by atoms with Gasteiger partial charge < -0.3 is 0 Å². The van der Waals surface area contributed by atoms with Crippen LogP contribution in [0.25, 0.3) is 16.7 Å². The molecule has 0 saturated heterocycles. The Morgan fingerprint density at radius 2 is 1.86 bits per heavy atom. The molecule has 3 aromatic rings. The molecule has 3 nitrogen and oxygen atoms in total. The van der Waals surface area contributed by atoms with Crippen LogP contribution in [-0.4, -0.2) is 9.55 Å². The van der Waals surface area contributed by atoms with Crippen molar-refractivity contribution in [3.63, 3.8) is 0 Å². The predicted octanol–water partition coefficient (Wildman–Crippen LogP) is 5.16. The van der Waals surface area contributed by atoms with Gasteiger partial charge in [0.05, 0.1) is 28.2 Å². The van der Waals surface area contributed by atoms with Gasteiger partial charge in [-0.15, -0.1) is 11.6 Å². The lowest BCUT2D eigenvalue weighted by Crippen LogP contribution is -2.02. The van der Waals surface area contributed by atoms with E-state index >= 15 is 0 Å². The van der Waals surface area contributed by atoms with Crippen molar-refractivity contribution in [2.75, 3.05) is 0 Å². The highest BCUT2D eigenvalue weighted by Gasteiger charge is 2.15. The second-order valence-corrected chi connectivity index (χ2v) is 6.50. The van der Waals surface area contributed by atoms with E-state index in [-0.39, 0.29) is 5.88 Å². The van der Waals surface area contributed by atoms with Crippen LogP contribution in [-0.2, 0) is 5.88 Å². The van der Waals surface area contributed by atoms with Gasteiger partial charge in [0.1, 0.15) is 11.9 Å². The second kappa shape index (κ2) is 5.80. The van der Waals surface area contributed by atoms with E-state index in [2.05, 4.69) is 42.9 Å². The van der Waals surface area contributed by atoms with Crippen molar-refractivity contribution in [1.29, 1.82) is 5.26 Å². The van der Waals surface area contributed by atoms with Crippen molar-refractivity contribution in [3.05, 3.63) is 56.7 Å². The summed E-state index contributed by atoms with van der Waals surface area (Å²) < 4.78 is 3.77. The lowest BCUT2D eigenvalue weighted by Gasteiger charge is -2.10. The molecule has 1 heterocycles. The van der Waals surface area contributed by atoms with Crippen LogP contribution in [0.2, 0.25) is 0 Å². The fourth-order valence-corrected chi connectivity index (χ4v) is 3.12. The SMILES string of the molecule is N#Cc1ccc(Br)cc1-n1c(CCl)nc2ccc(Br)cc21. The molecule has 0 amide bonds. The standard InChI is InChI=1S/C15H8Br2ClN3/c16-10-2-1-9(8-19)13(5-10)21-14-6-11(17)3-4-12(14)20-15(21)7-18/h1-6H,7H2. The largest absolute Gasteiger partial charge is 0.294 e. The number of hydrogen-bond donors (Lipinski definition) is 0. The summed E-state index contributed by atoms with van der Waals surface area (Å²) in [6.45, 7) is 0. The second-order valence-electron chi connectivity index (χ2n) is 4.40. The van der Waals surface area contributed by atoms with E-state index in [0.717, 1.165) is 25.7 Å². The number of nitriles is 1. The summed E-state index contributed by atoms with van der Waals surface area (Å²) in [6, 6.07) is 13.6. The van der Waals surface area contributed by atoms with Gasteiger partial charge in [-0.2, -0.15) is 5.26 Å². The highest BCUT2D eigenvalue weighted by Crippen LogP contribution is 2.28. The maximum atomic E-state index is 9.36. The van der Waals surface area contributed by atoms with Crippen LogP contribution in [0.3, 0.4) is 0 Å². The van der Waals surface area contributed by atoms with Gasteiger partial charge in [0.2, 0.25) is 0 Å². The third-order valence-corrected chi connectivity index (χ3v) is 4.35. The van der Waals surface area contributed by atoms with Crippen LogP contribution < -0.4 is 0 Å². The number of aromatic nitrogens is 2. The Morgan fingerprint density at radius 1 is 1.14 bits per heavy atom. The first-order valence-corrected chi connectivity index (χ1v) is 8.19. The van der Waals surface area contributed by atoms with Gasteiger partial charge in [-0.1, -0.05) is 31.9 Å². The van der Waals surface area contributed by atoms with Gasteiger partial charge >= 0.3 is 0 Å². The minimum Gasteiger partial charge on any atom is -0.294 e. The molecule has 0 aliphatic carbocycles. The average Bonchev–Trinajstić information content (AvgIpc) is 2.84. The molecule has 1 aromatic heterocycles. The molecule has 0 fully saturated rings. The molecule has 0 spiro atoms. The molecule has 6 heteroatoms. The van der Waals surface area contributed by atoms with Crippen molar-refractivity contribution in [1.82, 2.24) is 9.55 Å². The van der Waals surface area contributed by atoms with Crippen molar-refractivity contribution in [2.24, 2.45) is 0 Å². The molecule has 0 bridgehead atoms.